The summed E-state index contributed by atoms with van der Waals surface area (Å²) in [5, 5.41) is 5.06. The Kier molecular flexibility index (Phi) is 6.50. The van der Waals surface area contributed by atoms with Crippen molar-refractivity contribution in [2.75, 3.05) is 15.0 Å². The largest absolute Gasteiger partial charge is 0.325 e. The molecule has 34 heavy (non-hydrogen) atoms. The number of hydrogen-bond acceptors (Lipinski definition) is 5. The number of halogens is 3. The average molecular weight is 523 g/mol. The summed E-state index contributed by atoms with van der Waals surface area (Å²) in [6, 6.07) is 12.5. The minimum absolute atomic E-state index is 0.0517. The van der Waals surface area contributed by atoms with Crippen molar-refractivity contribution in [3.05, 3.63) is 81.6 Å². The van der Waals surface area contributed by atoms with Gasteiger partial charge in [0.2, 0.25) is 5.91 Å². The number of benzene rings is 3. The lowest BCUT2D eigenvalue weighted by Gasteiger charge is -2.20. The van der Waals surface area contributed by atoms with Crippen LogP contribution in [0.25, 0.3) is 0 Å². The minimum Gasteiger partial charge on any atom is -0.325 e. The van der Waals surface area contributed by atoms with Crippen LogP contribution >= 0.6 is 23.2 Å². The molecule has 1 aliphatic rings. The van der Waals surface area contributed by atoms with Crippen LogP contribution in [0.15, 0.2) is 59.5 Å². The molecule has 0 spiro atoms. The molecule has 1 aliphatic heterocycles. The van der Waals surface area contributed by atoms with Gasteiger partial charge in [-0.15, -0.1) is 0 Å². The van der Waals surface area contributed by atoms with E-state index in [1.165, 1.54) is 43.3 Å². The van der Waals surface area contributed by atoms with Crippen molar-refractivity contribution in [3.63, 3.8) is 0 Å². The fourth-order valence-corrected chi connectivity index (χ4v) is 5.32. The first-order valence-corrected chi connectivity index (χ1v) is 12.0. The summed E-state index contributed by atoms with van der Waals surface area (Å²) in [6.07, 6.45) is 0. The predicted molar refractivity (Wildman–Crippen MR) is 128 cm³/mol. The van der Waals surface area contributed by atoms with Gasteiger partial charge in [0.1, 0.15) is 5.82 Å². The maximum Gasteiger partial charge on any atom is 0.277 e. The highest BCUT2D eigenvalue weighted by Crippen LogP contribution is 2.34. The molecule has 0 saturated carbocycles. The number of anilines is 3. The maximum atomic E-state index is 14.1. The molecule has 3 aromatic rings. The third kappa shape index (κ3) is 4.58. The Bertz CT molecular complexity index is 1410. The number of carbonyl (C=O) groups is 2. The van der Waals surface area contributed by atoms with Crippen LogP contribution < -0.4 is 20.5 Å². The highest BCUT2D eigenvalue weighted by Gasteiger charge is 2.32. The second-order valence-electron chi connectivity index (χ2n) is 7.32. The van der Waals surface area contributed by atoms with Crippen LogP contribution in [0, 0.1) is 5.82 Å². The van der Waals surface area contributed by atoms with Crippen LogP contribution in [0.3, 0.4) is 0 Å². The molecule has 0 radical (unpaired) electrons. The molecule has 8 nitrogen and oxygen atoms in total. The van der Waals surface area contributed by atoms with Crippen molar-refractivity contribution < 1.29 is 22.4 Å². The zero-order chi connectivity index (χ0) is 24.6. The van der Waals surface area contributed by atoms with E-state index in [4.69, 9.17) is 23.2 Å². The molecule has 3 aromatic carbocycles. The Morgan fingerprint density at radius 1 is 1.03 bits per heavy atom. The third-order valence-corrected chi connectivity index (χ3v) is 7.24. The van der Waals surface area contributed by atoms with Crippen LogP contribution in [0.2, 0.25) is 10.0 Å². The summed E-state index contributed by atoms with van der Waals surface area (Å²) < 4.78 is 41.6. The van der Waals surface area contributed by atoms with E-state index in [0.717, 1.165) is 10.5 Å². The Morgan fingerprint density at radius 3 is 2.47 bits per heavy atom. The fraction of sp³-hybridized carbons (Fsp3) is 0.0909. The number of nitrogens with one attached hydrogen (secondary N) is 3. The summed E-state index contributed by atoms with van der Waals surface area (Å²) in [7, 11) is -4.10. The van der Waals surface area contributed by atoms with Crippen molar-refractivity contribution in [1.82, 2.24) is 5.43 Å². The monoisotopic (exact) mass is 522 g/mol. The number of fused-ring (bicyclic) bond motifs is 1. The van der Waals surface area contributed by atoms with Crippen molar-refractivity contribution in [3.8, 4) is 0 Å². The molecule has 12 heteroatoms. The molecule has 1 heterocycles. The highest BCUT2D eigenvalue weighted by molar-refractivity contribution is 7.92. The van der Waals surface area contributed by atoms with E-state index in [0.29, 0.717) is 5.56 Å². The summed E-state index contributed by atoms with van der Waals surface area (Å²) in [6.45, 7) is 1.53. The summed E-state index contributed by atoms with van der Waals surface area (Å²) >= 11 is 12.1. The smallest absolute Gasteiger partial charge is 0.277 e. The van der Waals surface area contributed by atoms with E-state index in [-0.39, 0.29) is 50.0 Å². The van der Waals surface area contributed by atoms with Gasteiger partial charge in [-0.05, 0) is 48.0 Å². The maximum absolute atomic E-state index is 14.1. The van der Waals surface area contributed by atoms with Crippen molar-refractivity contribution in [1.29, 1.82) is 0 Å². The summed E-state index contributed by atoms with van der Waals surface area (Å²) in [5.74, 6) is -1.90. The molecule has 0 fully saturated rings. The van der Waals surface area contributed by atoms with Crippen LogP contribution in [0.5, 0.6) is 0 Å². The summed E-state index contributed by atoms with van der Waals surface area (Å²) in [5.41, 5.74) is 3.93. The van der Waals surface area contributed by atoms with E-state index in [1.807, 2.05) is 0 Å². The van der Waals surface area contributed by atoms with Gasteiger partial charge in [0.25, 0.3) is 15.9 Å². The van der Waals surface area contributed by atoms with Crippen LogP contribution in [0.1, 0.15) is 22.8 Å². The normalized spacial score (nSPS) is 12.9. The van der Waals surface area contributed by atoms with E-state index in [9.17, 15) is 22.4 Å². The van der Waals surface area contributed by atoms with Gasteiger partial charge in [-0.3, -0.25) is 9.59 Å². The standard InChI is InChI=1S/C22H17Cl2FN4O4S/c1-12(30)27-19-8-7-15(10-17(19)24)34(32,33)29-20-9-14(6-5-13(20)11-26-29)28-22(31)21-16(23)3-2-4-18(21)25/h2-10,26H,11H2,1H3,(H,27,30)(H,28,31). The van der Waals surface area contributed by atoms with E-state index in [2.05, 4.69) is 16.1 Å². The number of carbonyl (C=O) groups excluding carboxylic acids is 2. The van der Waals surface area contributed by atoms with E-state index < -0.39 is 21.7 Å². The van der Waals surface area contributed by atoms with E-state index >= 15 is 0 Å². The first-order valence-electron chi connectivity index (χ1n) is 9.82. The highest BCUT2D eigenvalue weighted by atomic mass is 35.5. The van der Waals surface area contributed by atoms with Crippen LogP contribution in [-0.2, 0) is 21.4 Å². The third-order valence-electron chi connectivity index (χ3n) is 4.95. The predicted octanol–water partition coefficient (Wildman–Crippen LogP) is 4.56. The van der Waals surface area contributed by atoms with Crippen LogP contribution in [0.4, 0.5) is 21.5 Å². The summed E-state index contributed by atoms with van der Waals surface area (Å²) in [4.78, 5) is 23.7. The quantitative estimate of drug-likeness (QED) is 0.455. The van der Waals surface area contributed by atoms with Crippen molar-refractivity contribution >= 4 is 62.1 Å². The lowest BCUT2D eigenvalue weighted by Crippen LogP contribution is -2.38. The Morgan fingerprint density at radius 2 is 1.79 bits per heavy atom. The van der Waals surface area contributed by atoms with Crippen LogP contribution in [-0.4, -0.2) is 20.2 Å². The van der Waals surface area contributed by atoms with Gasteiger partial charge in [0, 0.05) is 19.2 Å². The first kappa shape index (κ1) is 24.0. The fourth-order valence-electron chi connectivity index (χ4n) is 3.40. The van der Waals surface area contributed by atoms with Gasteiger partial charge in [-0.25, -0.2) is 9.82 Å². The topological polar surface area (TPSA) is 108 Å². The average Bonchev–Trinajstić information content (AvgIpc) is 3.19. The number of sulfonamides is 1. The number of hydrazine groups is 1. The lowest BCUT2D eigenvalue weighted by molar-refractivity contribution is -0.114. The molecule has 3 N–H and O–H groups in total. The lowest BCUT2D eigenvalue weighted by atomic mass is 10.1. The van der Waals surface area contributed by atoms with E-state index in [1.54, 1.807) is 12.1 Å². The zero-order valence-corrected chi connectivity index (χ0v) is 19.9. The van der Waals surface area contributed by atoms with Crippen molar-refractivity contribution in [2.45, 2.75) is 18.4 Å². The molecule has 0 bridgehead atoms. The Labute approximate surface area is 204 Å². The molecular formula is C22H17Cl2FN4O4S. The molecule has 0 aromatic heterocycles. The molecule has 0 unspecified atom stereocenters. The number of amides is 2. The second kappa shape index (κ2) is 9.22. The van der Waals surface area contributed by atoms with Gasteiger partial charge in [-0.1, -0.05) is 35.3 Å². The molecule has 2 amide bonds. The molecule has 176 valence electrons. The SMILES string of the molecule is CC(=O)Nc1ccc(S(=O)(=O)N2NCc3ccc(NC(=O)c4c(F)cccc4Cl)cc32)cc1Cl. The zero-order valence-electron chi connectivity index (χ0n) is 17.5. The molecule has 0 saturated heterocycles. The second-order valence-corrected chi connectivity index (χ2v) is 9.92. The molecular weight excluding hydrogens is 506 g/mol. The van der Waals surface area contributed by atoms with Gasteiger partial charge < -0.3 is 10.6 Å². The first-order chi connectivity index (χ1) is 16.1. The number of nitrogens with zero attached hydrogens (tertiary/aromatic N) is 1. The number of rotatable bonds is 5. The molecule has 4 rings (SSSR count). The van der Waals surface area contributed by atoms with Gasteiger partial charge in [0.15, 0.2) is 0 Å². The van der Waals surface area contributed by atoms with Gasteiger partial charge in [0.05, 0.1) is 31.9 Å². The Balaban J connectivity index is 1.63. The molecule has 0 aliphatic carbocycles. The Hall–Kier alpha value is -3.18. The van der Waals surface area contributed by atoms with Gasteiger partial charge in [-0.2, -0.15) is 12.8 Å². The minimum atomic E-state index is -4.10. The van der Waals surface area contributed by atoms with Gasteiger partial charge >= 0.3 is 0 Å². The number of hydrogen-bond donors (Lipinski definition) is 3. The molecule has 0 atom stereocenters. The van der Waals surface area contributed by atoms with Crippen molar-refractivity contribution in [2.24, 2.45) is 0 Å².